The quantitative estimate of drug-likeness (QED) is 0.793. The zero-order valence-corrected chi connectivity index (χ0v) is 14.8. The van der Waals surface area contributed by atoms with Gasteiger partial charge in [0, 0.05) is 18.5 Å². The Bertz CT molecular complexity index is 858. The van der Waals surface area contributed by atoms with E-state index >= 15 is 0 Å². The number of amides is 1. The van der Waals surface area contributed by atoms with Crippen LogP contribution in [0, 0.1) is 5.92 Å². The second-order valence-electron chi connectivity index (χ2n) is 6.19. The average molecular weight is 361 g/mol. The van der Waals surface area contributed by atoms with E-state index in [0.29, 0.717) is 23.1 Å². The molecule has 0 bridgehead atoms. The van der Waals surface area contributed by atoms with Crippen LogP contribution in [0.5, 0.6) is 11.6 Å². The lowest BCUT2D eigenvalue weighted by Gasteiger charge is -2.17. The summed E-state index contributed by atoms with van der Waals surface area (Å²) in [6.07, 6.45) is 0.298. The van der Waals surface area contributed by atoms with Crippen LogP contribution in [0.1, 0.15) is 30.8 Å². The van der Waals surface area contributed by atoms with E-state index in [2.05, 4.69) is 15.3 Å². The molecule has 8 heteroatoms. The summed E-state index contributed by atoms with van der Waals surface area (Å²) < 4.78 is 24.7. The minimum Gasteiger partial charge on any atom is -0.494 e. The number of halogens is 1. The van der Waals surface area contributed by atoms with Crippen molar-refractivity contribution in [2.75, 3.05) is 13.7 Å². The standard InChI is InChI=1S/C18H20FN3O4/c1-4-13(23)16-14(25-3)7-10-11(21-16)5-6-20-18(10)26-8-12-9(2)15(19)17(24)22-12/h5-7,9,12,15H,4,8H2,1-3H3,(H,22,24)/t9-,12+,15-/m0/s1. The van der Waals surface area contributed by atoms with E-state index in [-0.39, 0.29) is 24.0 Å². The lowest BCUT2D eigenvalue weighted by Crippen LogP contribution is -2.34. The highest BCUT2D eigenvalue weighted by Crippen LogP contribution is 2.29. The van der Waals surface area contributed by atoms with E-state index in [1.54, 1.807) is 26.0 Å². The van der Waals surface area contributed by atoms with Crippen molar-refractivity contribution in [3.8, 4) is 11.6 Å². The van der Waals surface area contributed by atoms with E-state index in [4.69, 9.17) is 9.47 Å². The number of fused-ring (bicyclic) bond motifs is 1. The number of alkyl halides is 1. The molecule has 7 nitrogen and oxygen atoms in total. The zero-order chi connectivity index (χ0) is 18.8. The summed E-state index contributed by atoms with van der Waals surface area (Å²) in [5, 5.41) is 3.15. The molecule has 138 valence electrons. The molecule has 0 radical (unpaired) electrons. The summed E-state index contributed by atoms with van der Waals surface area (Å²) in [6.45, 7) is 3.49. The van der Waals surface area contributed by atoms with Gasteiger partial charge in [-0.1, -0.05) is 13.8 Å². The summed E-state index contributed by atoms with van der Waals surface area (Å²) in [4.78, 5) is 32.0. The van der Waals surface area contributed by atoms with Crippen LogP contribution in [0.2, 0.25) is 0 Å². The molecule has 3 heterocycles. The van der Waals surface area contributed by atoms with Crippen molar-refractivity contribution in [3.05, 3.63) is 24.0 Å². The molecule has 2 aromatic heterocycles. The lowest BCUT2D eigenvalue weighted by molar-refractivity contribution is -0.123. The molecule has 1 fully saturated rings. The van der Waals surface area contributed by atoms with Gasteiger partial charge in [-0.15, -0.1) is 0 Å². The van der Waals surface area contributed by atoms with Crippen molar-refractivity contribution in [3.63, 3.8) is 0 Å². The fourth-order valence-electron chi connectivity index (χ4n) is 2.89. The van der Waals surface area contributed by atoms with Gasteiger partial charge in [0.1, 0.15) is 18.1 Å². The van der Waals surface area contributed by atoms with Crippen molar-refractivity contribution in [1.82, 2.24) is 15.3 Å². The summed E-state index contributed by atoms with van der Waals surface area (Å²) in [5.74, 6) is -0.609. The Balaban J connectivity index is 1.89. The Kier molecular flexibility index (Phi) is 5.01. The smallest absolute Gasteiger partial charge is 0.255 e. The molecule has 1 aliphatic heterocycles. The third-order valence-electron chi connectivity index (χ3n) is 4.55. The number of nitrogens with zero attached hydrogens (tertiary/aromatic N) is 2. The minimum absolute atomic E-state index is 0.0808. The first-order valence-electron chi connectivity index (χ1n) is 8.40. The second-order valence-corrected chi connectivity index (χ2v) is 6.19. The number of aromatic nitrogens is 2. The van der Waals surface area contributed by atoms with Gasteiger partial charge in [0.2, 0.25) is 5.88 Å². The first-order valence-corrected chi connectivity index (χ1v) is 8.40. The highest BCUT2D eigenvalue weighted by Gasteiger charge is 2.40. The molecule has 0 spiro atoms. The maximum atomic E-state index is 13.7. The molecule has 0 saturated carbocycles. The van der Waals surface area contributed by atoms with Crippen molar-refractivity contribution in [1.29, 1.82) is 0 Å². The van der Waals surface area contributed by atoms with E-state index < -0.39 is 24.0 Å². The maximum absolute atomic E-state index is 13.7. The van der Waals surface area contributed by atoms with Gasteiger partial charge in [0.15, 0.2) is 12.0 Å². The summed E-state index contributed by atoms with van der Waals surface area (Å²) in [7, 11) is 1.46. The fraction of sp³-hybridized carbons (Fsp3) is 0.444. The van der Waals surface area contributed by atoms with Gasteiger partial charge in [0.25, 0.3) is 5.91 Å². The van der Waals surface area contributed by atoms with Crippen LogP contribution in [-0.2, 0) is 4.79 Å². The predicted molar refractivity (Wildman–Crippen MR) is 92.2 cm³/mol. The number of hydrogen-bond acceptors (Lipinski definition) is 6. The van der Waals surface area contributed by atoms with Crippen LogP contribution in [0.3, 0.4) is 0 Å². The number of carbonyl (C=O) groups is 2. The van der Waals surface area contributed by atoms with Crippen molar-refractivity contribution < 1.29 is 23.5 Å². The van der Waals surface area contributed by atoms with Gasteiger partial charge in [-0.3, -0.25) is 9.59 Å². The molecule has 2 aromatic rings. The van der Waals surface area contributed by atoms with Crippen LogP contribution < -0.4 is 14.8 Å². The Morgan fingerprint density at radius 1 is 1.42 bits per heavy atom. The van der Waals surface area contributed by atoms with E-state index in [9.17, 15) is 14.0 Å². The molecule has 1 amide bonds. The van der Waals surface area contributed by atoms with E-state index in [1.807, 2.05) is 0 Å². The molecule has 1 N–H and O–H groups in total. The number of ketones is 1. The normalized spacial score (nSPS) is 22.3. The highest BCUT2D eigenvalue weighted by atomic mass is 19.1. The number of carbonyl (C=O) groups excluding carboxylic acids is 2. The number of hydrogen-bond donors (Lipinski definition) is 1. The molecule has 3 rings (SSSR count). The molecule has 3 atom stereocenters. The number of methoxy groups -OCH3 is 1. The Morgan fingerprint density at radius 2 is 2.19 bits per heavy atom. The van der Waals surface area contributed by atoms with Gasteiger partial charge in [-0.25, -0.2) is 14.4 Å². The maximum Gasteiger partial charge on any atom is 0.255 e. The van der Waals surface area contributed by atoms with Crippen LogP contribution in [-0.4, -0.2) is 47.6 Å². The third kappa shape index (κ3) is 3.18. The molecule has 1 saturated heterocycles. The van der Waals surface area contributed by atoms with E-state index in [0.717, 1.165) is 0 Å². The van der Waals surface area contributed by atoms with Crippen molar-refractivity contribution in [2.45, 2.75) is 32.5 Å². The Hall–Kier alpha value is -2.77. The number of rotatable bonds is 6. The molecule has 0 unspecified atom stereocenters. The van der Waals surface area contributed by atoms with Crippen LogP contribution in [0.25, 0.3) is 10.9 Å². The molecule has 0 aromatic carbocycles. The van der Waals surface area contributed by atoms with Crippen molar-refractivity contribution in [2.24, 2.45) is 5.92 Å². The fourth-order valence-corrected chi connectivity index (χ4v) is 2.89. The number of Topliss-reactive ketones (excluding diaryl/α,β-unsaturated/α-hetero) is 1. The van der Waals surface area contributed by atoms with Gasteiger partial charge in [-0.2, -0.15) is 0 Å². The van der Waals surface area contributed by atoms with Crippen LogP contribution >= 0.6 is 0 Å². The van der Waals surface area contributed by atoms with E-state index in [1.165, 1.54) is 13.3 Å². The number of nitrogens with one attached hydrogen (secondary N) is 1. The zero-order valence-electron chi connectivity index (χ0n) is 14.8. The molecular weight excluding hydrogens is 341 g/mol. The average Bonchev–Trinajstić information content (AvgIpc) is 2.91. The largest absolute Gasteiger partial charge is 0.494 e. The van der Waals surface area contributed by atoms with Crippen molar-refractivity contribution >= 4 is 22.6 Å². The topological polar surface area (TPSA) is 90.4 Å². The predicted octanol–water partition coefficient (Wildman–Crippen LogP) is 2.08. The molecular formula is C18H20FN3O4. The molecule has 1 aliphatic rings. The number of ether oxygens (including phenoxy) is 2. The van der Waals surface area contributed by atoms with Gasteiger partial charge in [-0.05, 0) is 12.1 Å². The monoisotopic (exact) mass is 361 g/mol. The SMILES string of the molecule is CCC(=O)c1nc2ccnc(OC[C@H]3NC(=O)[C@@H](F)[C@H]3C)c2cc1OC. The molecule has 26 heavy (non-hydrogen) atoms. The summed E-state index contributed by atoms with van der Waals surface area (Å²) >= 11 is 0. The lowest BCUT2D eigenvalue weighted by atomic mass is 10.0. The number of pyridine rings is 2. The Labute approximate surface area is 149 Å². The molecule has 0 aliphatic carbocycles. The van der Waals surface area contributed by atoms with Crippen LogP contribution in [0.15, 0.2) is 18.3 Å². The first-order chi connectivity index (χ1) is 12.5. The third-order valence-corrected chi connectivity index (χ3v) is 4.55. The first kappa shape index (κ1) is 18.0. The van der Waals surface area contributed by atoms with Crippen LogP contribution in [0.4, 0.5) is 4.39 Å². The minimum atomic E-state index is -1.53. The highest BCUT2D eigenvalue weighted by molar-refractivity contribution is 5.99. The van der Waals surface area contributed by atoms with Gasteiger partial charge < -0.3 is 14.8 Å². The van der Waals surface area contributed by atoms with Gasteiger partial charge in [0.05, 0.1) is 24.1 Å². The summed E-state index contributed by atoms with van der Waals surface area (Å²) in [6, 6.07) is 2.89. The summed E-state index contributed by atoms with van der Waals surface area (Å²) in [5.41, 5.74) is 0.802. The second kappa shape index (κ2) is 7.23. The van der Waals surface area contributed by atoms with Gasteiger partial charge >= 0.3 is 0 Å². The Morgan fingerprint density at radius 3 is 2.81 bits per heavy atom.